The van der Waals surface area contributed by atoms with Gasteiger partial charge in [0, 0.05) is 0 Å². The van der Waals surface area contributed by atoms with Gasteiger partial charge in [-0.2, -0.15) is 0 Å². The Morgan fingerprint density at radius 2 is 1.38 bits per heavy atom. The SMILES string of the molecule is [Na+].[Na+].[O]=[Cr](=[O])([O-])[O][O-]. The topological polar surface area (TPSA) is 89.5 Å². The van der Waals surface area contributed by atoms with Gasteiger partial charge in [-0.25, -0.2) is 0 Å². The second-order valence-corrected chi connectivity index (χ2v) is 1.96. The first-order chi connectivity index (χ1) is 2.56. The Morgan fingerprint density at radius 3 is 1.38 bits per heavy atom. The maximum atomic E-state index is 8.98. The van der Waals surface area contributed by atoms with Crippen LogP contribution in [-0.2, 0) is 25.2 Å². The van der Waals surface area contributed by atoms with Gasteiger partial charge in [0.25, 0.3) is 0 Å². The molecule has 8 heavy (non-hydrogen) atoms. The molecule has 8 heteroatoms. The molecule has 0 atom stereocenters. The molecule has 0 amide bonds. The third-order valence-corrected chi connectivity index (χ3v) is 0.344. The van der Waals surface area contributed by atoms with E-state index in [-0.39, 0.29) is 59.1 Å². The average Bonchev–Trinajstić information content (AvgIpc) is 1.35. The quantitative estimate of drug-likeness (QED) is 0.226. The van der Waals surface area contributed by atoms with Crippen molar-refractivity contribution in [3.63, 3.8) is 0 Å². The molecule has 0 aromatic carbocycles. The van der Waals surface area contributed by atoms with Crippen LogP contribution >= 0.6 is 0 Å². The Morgan fingerprint density at radius 1 is 1.25 bits per heavy atom. The first kappa shape index (κ1) is 16.5. The number of rotatable bonds is 1. The second-order valence-electron chi connectivity index (χ2n) is 0.476. The van der Waals surface area contributed by atoms with E-state index >= 15 is 0 Å². The molecule has 0 heterocycles. The van der Waals surface area contributed by atoms with E-state index in [1.165, 1.54) is 0 Å². The van der Waals surface area contributed by atoms with Gasteiger partial charge >= 0.3 is 93.7 Å². The van der Waals surface area contributed by atoms with Crippen LogP contribution in [0.5, 0.6) is 0 Å². The molecule has 0 bridgehead atoms. The van der Waals surface area contributed by atoms with Crippen molar-refractivity contribution in [1.29, 1.82) is 0 Å². The van der Waals surface area contributed by atoms with Gasteiger partial charge in [0.05, 0.1) is 0 Å². The van der Waals surface area contributed by atoms with Crippen LogP contribution in [0.4, 0.5) is 0 Å². The van der Waals surface area contributed by atoms with Gasteiger partial charge in [0.1, 0.15) is 0 Å². The third kappa shape index (κ3) is 15.7. The first-order valence-electron chi connectivity index (χ1n) is 0.833. The van der Waals surface area contributed by atoms with E-state index in [1.807, 2.05) is 0 Å². The van der Waals surface area contributed by atoms with Crippen molar-refractivity contribution in [3.8, 4) is 0 Å². The molecular weight excluding hydrogens is 178 g/mol. The summed E-state index contributed by atoms with van der Waals surface area (Å²) in [6.07, 6.45) is 0. The minimum absolute atomic E-state index is 0. The van der Waals surface area contributed by atoms with E-state index in [9.17, 15) is 0 Å². The van der Waals surface area contributed by atoms with Crippen LogP contribution < -0.4 is 68.5 Å². The van der Waals surface area contributed by atoms with Crippen LogP contribution in [0.2, 0.25) is 0 Å². The molecule has 5 nitrogen and oxygen atoms in total. The van der Waals surface area contributed by atoms with Gasteiger partial charge in [0.2, 0.25) is 0 Å². The average molecular weight is 178 g/mol. The molecule has 0 rings (SSSR count). The maximum absolute atomic E-state index is 8.98. The predicted molar refractivity (Wildman–Crippen MR) is 2.46 cm³/mol. The standard InChI is InChI=1S/Cr.2Na.O2.3O/c;;;1-2;;;/q3*+1;-2;;;-1. The molecule has 0 fully saturated rings. The van der Waals surface area contributed by atoms with E-state index in [2.05, 4.69) is 3.94 Å². The van der Waals surface area contributed by atoms with Crippen molar-refractivity contribution in [2.45, 2.75) is 0 Å². The fourth-order valence-electron chi connectivity index (χ4n) is 0. The van der Waals surface area contributed by atoms with E-state index in [1.54, 1.807) is 0 Å². The molecule has 38 valence electrons. The fourth-order valence-corrected chi connectivity index (χ4v) is 0. The van der Waals surface area contributed by atoms with Crippen molar-refractivity contribution in [2.24, 2.45) is 0 Å². The van der Waals surface area contributed by atoms with E-state index in [0.717, 1.165) is 0 Å². The van der Waals surface area contributed by atoms with Crippen molar-refractivity contribution >= 4 is 0 Å². The van der Waals surface area contributed by atoms with Gasteiger partial charge in [-0.15, -0.1) is 0 Å². The summed E-state index contributed by atoms with van der Waals surface area (Å²) in [5.74, 6) is 0. The van der Waals surface area contributed by atoms with Crippen molar-refractivity contribution < 1.29 is 93.7 Å². The molecule has 0 aromatic rings. The Hall–Kier alpha value is 2.01. The van der Waals surface area contributed by atoms with Crippen LogP contribution in [0.25, 0.3) is 0 Å². The van der Waals surface area contributed by atoms with Crippen molar-refractivity contribution in [2.75, 3.05) is 0 Å². The summed E-state index contributed by atoms with van der Waals surface area (Å²) in [6, 6.07) is 0. The van der Waals surface area contributed by atoms with Crippen LogP contribution in [0.3, 0.4) is 0 Å². The van der Waals surface area contributed by atoms with Crippen LogP contribution in [0, 0.1) is 0 Å². The Kier molecular flexibility index (Phi) is 14.7. The molecule has 0 aliphatic carbocycles. The summed E-state index contributed by atoms with van der Waals surface area (Å²) in [7, 11) is 0. The molecule has 0 radical (unpaired) electrons. The molecule has 0 aliphatic heterocycles. The van der Waals surface area contributed by atoms with Gasteiger partial charge < -0.3 is 0 Å². The van der Waals surface area contributed by atoms with Crippen LogP contribution in [0.15, 0.2) is 0 Å². The summed E-state index contributed by atoms with van der Waals surface area (Å²) < 4.78 is 29.1. The molecule has 0 N–H and O–H groups in total. The Balaban J connectivity index is -0.000000125. The monoisotopic (exact) mass is 178 g/mol. The molecule has 0 spiro atoms. The Labute approximate surface area is 92.3 Å². The molecule has 0 unspecified atom stereocenters. The Bertz CT molecular complexity index is 112. The first-order valence-corrected chi connectivity index (χ1v) is 2.92. The van der Waals surface area contributed by atoms with Gasteiger partial charge in [-0.05, 0) is 0 Å². The minimum atomic E-state index is -5.58. The summed E-state index contributed by atoms with van der Waals surface area (Å²) in [5.41, 5.74) is 0. The zero-order chi connectivity index (χ0) is 5.21. The third-order valence-electron chi connectivity index (χ3n) is 0.0833. The van der Waals surface area contributed by atoms with E-state index in [0.29, 0.717) is 0 Å². The van der Waals surface area contributed by atoms with Gasteiger partial charge in [0.15, 0.2) is 0 Å². The molecule has 0 aromatic heterocycles. The predicted octanol–water partition coefficient (Wildman–Crippen LogP) is -8.68. The van der Waals surface area contributed by atoms with Crippen molar-refractivity contribution in [3.05, 3.63) is 0 Å². The molecule has 0 saturated heterocycles. The van der Waals surface area contributed by atoms with Crippen LogP contribution in [0.1, 0.15) is 0 Å². The fraction of sp³-hybridized carbons (Fsp3) is 0. The van der Waals surface area contributed by atoms with Crippen LogP contribution in [-0.4, -0.2) is 0 Å². The zero-order valence-electron chi connectivity index (χ0n) is 4.45. The van der Waals surface area contributed by atoms with Crippen molar-refractivity contribution in [1.82, 2.24) is 0 Å². The van der Waals surface area contributed by atoms with E-state index in [4.69, 9.17) is 17.0 Å². The summed E-state index contributed by atoms with van der Waals surface area (Å²) in [5, 5.41) is 8.58. The molecule has 0 aliphatic rings. The second kappa shape index (κ2) is 7.12. The summed E-state index contributed by atoms with van der Waals surface area (Å²) >= 11 is -5.58. The number of hydrogen-bond acceptors (Lipinski definition) is 5. The zero-order valence-corrected chi connectivity index (χ0v) is 9.72. The number of hydrogen-bond donors (Lipinski definition) is 0. The summed E-state index contributed by atoms with van der Waals surface area (Å²) in [6.45, 7) is 0. The molecular formula is CrNa2O5. The van der Waals surface area contributed by atoms with Gasteiger partial charge in [-0.1, -0.05) is 0 Å². The van der Waals surface area contributed by atoms with E-state index < -0.39 is 13.6 Å². The molecule has 0 saturated carbocycles. The van der Waals surface area contributed by atoms with Gasteiger partial charge in [-0.3, -0.25) is 0 Å². The normalized spacial score (nSPS) is 8.75. The summed E-state index contributed by atoms with van der Waals surface area (Å²) in [4.78, 5) is 0.